The second kappa shape index (κ2) is 28.2. The van der Waals surface area contributed by atoms with Crippen LogP contribution in [-0.2, 0) is 54.1 Å². The van der Waals surface area contributed by atoms with Crippen molar-refractivity contribution >= 4 is 61.2 Å². The first kappa shape index (κ1) is 57.6. The zero-order chi connectivity index (χ0) is 52.3. The zero-order valence-electron chi connectivity index (χ0n) is 39.1. The zero-order valence-corrected chi connectivity index (χ0v) is 42.4. The number of amides is 3. The Hall–Kier alpha value is -7.29. The monoisotopic (exact) mass is 1210 g/mol. The molecule has 0 bridgehead atoms. The molecule has 387 valence electrons. The molecule has 0 fully saturated rings. The number of rotatable bonds is 20. The van der Waals surface area contributed by atoms with Gasteiger partial charge >= 0.3 is 0 Å². The molecular weight excluding hydrogens is 1160 g/mol. The Balaban J connectivity index is 0.000000280. The van der Waals surface area contributed by atoms with E-state index in [2.05, 4.69) is 37.4 Å². The van der Waals surface area contributed by atoms with E-state index >= 15 is 0 Å². The van der Waals surface area contributed by atoms with Gasteiger partial charge in [-0.05, 0) is 54.9 Å². The molecule has 5 heterocycles. The molecule has 1 radical (unpaired) electrons. The first-order chi connectivity index (χ1) is 35.1. The van der Waals surface area contributed by atoms with Gasteiger partial charge in [-0.2, -0.15) is 0 Å². The fraction of sp³-hybridized carbons (Fsp3) is 0.226. The van der Waals surface area contributed by atoms with Gasteiger partial charge < -0.3 is 24.6 Å². The largest absolute Gasteiger partial charge is 0.748 e. The van der Waals surface area contributed by atoms with Gasteiger partial charge in [0, 0.05) is 117 Å². The van der Waals surface area contributed by atoms with Gasteiger partial charge in [0.2, 0.25) is 0 Å². The summed E-state index contributed by atoms with van der Waals surface area (Å²) in [5.74, 6) is -5.68. The number of fused-ring (bicyclic) bond motifs is 3. The third-order valence-corrected chi connectivity index (χ3v) is 11.6. The van der Waals surface area contributed by atoms with Crippen LogP contribution in [0.5, 0.6) is 0 Å². The van der Waals surface area contributed by atoms with E-state index in [9.17, 15) is 54.5 Å². The van der Waals surface area contributed by atoms with Crippen molar-refractivity contribution in [2.45, 2.75) is 51.0 Å². The van der Waals surface area contributed by atoms with E-state index < -0.39 is 56.9 Å². The topological polar surface area (TPSA) is 219 Å². The Labute approximate surface area is 436 Å². The SMILES string of the molecule is Fc1c[c-]c(-c2ccccn2)c(F)c1.Fc1c[c-]c(-c2ccccn2)c(F)c1.O=C(CCCCCC(=O)C(CS(=O)(=O)[O-])NC(=O)c1ccnc2c1ccc1cccnc12)CCCOCCN1C(=O)C=CC1=O.[Ir]. The summed E-state index contributed by atoms with van der Waals surface area (Å²) in [6.07, 6.45) is 10.9. The maximum Gasteiger partial charge on any atom is 0.253 e. The van der Waals surface area contributed by atoms with Crippen molar-refractivity contribution in [2.75, 3.05) is 25.5 Å². The van der Waals surface area contributed by atoms with Crippen LogP contribution in [0.25, 0.3) is 44.3 Å². The van der Waals surface area contributed by atoms with E-state index in [1.807, 2.05) is 6.07 Å². The van der Waals surface area contributed by atoms with Crippen LogP contribution in [0.2, 0.25) is 0 Å². The molecule has 0 aliphatic carbocycles. The average Bonchev–Trinajstić information content (AvgIpc) is 3.70. The van der Waals surface area contributed by atoms with E-state index in [4.69, 9.17) is 4.74 Å². The third kappa shape index (κ3) is 17.2. The standard InChI is InChI=1S/C31H34N4O9S.2C11H6F2N.Ir/c36-22(8-5-18-44-19-17-35-27(38)12-13-28(35)39)7-2-1-3-9-26(37)25(20-45(41,42)43)34-31(40)24-14-16-33-30-23(24)11-10-21-6-4-15-32-29(21)30;2*12-8-4-5-9(10(13)7-8)11-3-1-2-6-14-11;/h4,6,10-16,25H,1-3,5,7-9,17-20H2,(H,34,40)(H,41,42,43);2*1-4,6-7H;/q;2*-1;/p-1. The van der Waals surface area contributed by atoms with Gasteiger partial charge in [-0.15, -0.1) is 24.3 Å². The molecule has 3 amide bonds. The number of nitrogens with zero attached hydrogens (tertiary/aromatic N) is 5. The third-order valence-electron chi connectivity index (χ3n) is 10.8. The number of carbonyl (C=O) groups excluding carboxylic acids is 5. The molecule has 1 aliphatic rings. The Morgan fingerprint density at radius 2 is 1.26 bits per heavy atom. The minimum atomic E-state index is -4.84. The van der Waals surface area contributed by atoms with Crippen molar-refractivity contribution in [3.05, 3.63) is 169 Å². The van der Waals surface area contributed by atoms with Crippen molar-refractivity contribution in [2.24, 2.45) is 0 Å². The maximum atomic E-state index is 13.2. The molecule has 3 aromatic carbocycles. The number of unbranched alkanes of at least 4 members (excludes halogenated alkanes) is 2. The van der Waals surface area contributed by atoms with Crippen molar-refractivity contribution in [1.29, 1.82) is 0 Å². The molecule has 21 heteroatoms. The number of hydrogen-bond donors (Lipinski definition) is 1. The van der Waals surface area contributed by atoms with Crippen molar-refractivity contribution in [1.82, 2.24) is 30.2 Å². The number of pyridine rings is 4. The van der Waals surface area contributed by atoms with Gasteiger partial charge in [-0.3, -0.25) is 56.4 Å². The van der Waals surface area contributed by atoms with Gasteiger partial charge in [0.1, 0.15) is 11.8 Å². The summed E-state index contributed by atoms with van der Waals surface area (Å²) in [6, 6.07) is 26.1. The molecule has 7 aromatic rings. The van der Waals surface area contributed by atoms with Gasteiger partial charge in [-0.1, -0.05) is 72.1 Å². The van der Waals surface area contributed by atoms with E-state index in [1.54, 1.807) is 73.2 Å². The maximum absolute atomic E-state index is 13.2. The minimum absolute atomic E-state index is 0. The Morgan fingerprint density at radius 3 is 1.84 bits per heavy atom. The van der Waals surface area contributed by atoms with Gasteiger partial charge in [0.25, 0.3) is 17.7 Å². The predicted molar refractivity (Wildman–Crippen MR) is 259 cm³/mol. The van der Waals surface area contributed by atoms with Crippen LogP contribution in [0.1, 0.15) is 55.3 Å². The average molecular weight is 1210 g/mol. The summed E-state index contributed by atoms with van der Waals surface area (Å²) in [4.78, 5) is 78.9. The summed E-state index contributed by atoms with van der Waals surface area (Å²) in [6.45, 7) is 0.644. The molecule has 0 saturated heterocycles. The van der Waals surface area contributed by atoms with Gasteiger partial charge in [-0.25, -0.2) is 8.42 Å². The number of Topliss-reactive ketones (excluding diaryl/α,β-unsaturated/α-hetero) is 2. The Kier molecular flexibility index (Phi) is 22.0. The van der Waals surface area contributed by atoms with Gasteiger partial charge in [0.15, 0.2) is 5.78 Å². The van der Waals surface area contributed by atoms with Crippen LogP contribution in [-0.4, -0.2) is 98.6 Å². The van der Waals surface area contributed by atoms with Crippen LogP contribution in [0, 0.1) is 35.4 Å². The molecule has 15 nitrogen and oxygen atoms in total. The van der Waals surface area contributed by atoms with Crippen LogP contribution < -0.4 is 5.32 Å². The summed E-state index contributed by atoms with van der Waals surface area (Å²) in [5.41, 5.74) is 2.48. The number of benzene rings is 3. The normalized spacial score (nSPS) is 12.3. The summed E-state index contributed by atoms with van der Waals surface area (Å²) >= 11 is 0. The van der Waals surface area contributed by atoms with Crippen molar-refractivity contribution < 1.29 is 79.3 Å². The van der Waals surface area contributed by atoms with Crippen molar-refractivity contribution in [3.63, 3.8) is 0 Å². The molecule has 1 atom stereocenters. The molecule has 8 rings (SSSR count). The second-order valence-corrected chi connectivity index (χ2v) is 17.5. The predicted octanol–water partition coefficient (Wildman–Crippen LogP) is 7.89. The number of halogens is 4. The molecule has 4 aromatic heterocycles. The number of ketones is 2. The van der Waals surface area contributed by atoms with Crippen LogP contribution in [0.3, 0.4) is 0 Å². The minimum Gasteiger partial charge on any atom is -0.748 e. The summed E-state index contributed by atoms with van der Waals surface area (Å²) in [5, 5.41) is 3.70. The molecular formula is C53H45F4IrN6O9S-3. The quantitative estimate of drug-likeness (QED) is 0.0192. The van der Waals surface area contributed by atoms with Crippen LogP contribution in [0.4, 0.5) is 17.6 Å². The fourth-order valence-corrected chi connectivity index (χ4v) is 7.97. The van der Waals surface area contributed by atoms with Crippen molar-refractivity contribution in [3.8, 4) is 22.5 Å². The number of aromatic nitrogens is 4. The Morgan fingerprint density at radius 1 is 0.676 bits per heavy atom. The van der Waals surface area contributed by atoms with Gasteiger partial charge in [0.05, 0.1) is 45.6 Å². The fourth-order valence-electron chi connectivity index (χ4n) is 7.29. The van der Waals surface area contributed by atoms with Crippen LogP contribution >= 0.6 is 0 Å². The van der Waals surface area contributed by atoms with Crippen LogP contribution in [0.15, 0.2) is 128 Å². The van der Waals surface area contributed by atoms with E-state index in [-0.39, 0.29) is 74.0 Å². The van der Waals surface area contributed by atoms with E-state index in [0.29, 0.717) is 72.9 Å². The number of nitrogens with one attached hydrogen (secondary N) is 1. The van der Waals surface area contributed by atoms with E-state index in [0.717, 1.165) is 34.6 Å². The first-order valence-electron chi connectivity index (χ1n) is 22.7. The summed E-state index contributed by atoms with van der Waals surface area (Å²) < 4.78 is 91.6. The number of ether oxygens (including phenoxy) is 1. The molecule has 0 saturated carbocycles. The molecule has 0 spiro atoms. The first-order valence-corrected chi connectivity index (χ1v) is 24.2. The summed E-state index contributed by atoms with van der Waals surface area (Å²) in [7, 11) is -4.84. The second-order valence-electron chi connectivity index (χ2n) is 16.1. The molecule has 1 N–H and O–H groups in total. The number of carbonyl (C=O) groups is 5. The van der Waals surface area contributed by atoms with E-state index in [1.165, 1.54) is 24.4 Å². The smallest absolute Gasteiger partial charge is 0.253 e. The number of imide groups is 1. The molecule has 1 unspecified atom stereocenters. The number of hydrogen-bond acceptors (Lipinski definition) is 13. The Bertz CT molecular complexity index is 3130. The molecule has 1 aliphatic heterocycles. The molecule has 74 heavy (non-hydrogen) atoms.